The van der Waals surface area contributed by atoms with Crippen molar-refractivity contribution in [2.75, 3.05) is 19.5 Å². The minimum absolute atomic E-state index is 0.0495. The Hall–Kier alpha value is -3.65. The molecule has 2 aromatic carbocycles. The van der Waals surface area contributed by atoms with Gasteiger partial charge in [0.25, 0.3) is 0 Å². The van der Waals surface area contributed by atoms with E-state index in [4.69, 9.17) is 9.47 Å². The van der Waals surface area contributed by atoms with Crippen LogP contribution in [0.1, 0.15) is 22.8 Å². The van der Waals surface area contributed by atoms with Gasteiger partial charge in [0.05, 0.1) is 30.9 Å². The quantitative estimate of drug-likeness (QED) is 0.402. The van der Waals surface area contributed by atoms with Crippen molar-refractivity contribution >= 4 is 39.0 Å². The van der Waals surface area contributed by atoms with Crippen LogP contribution in [0.15, 0.2) is 48.1 Å². The first-order chi connectivity index (χ1) is 15.0. The molecule has 158 valence electrons. The van der Waals surface area contributed by atoms with Crippen LogP contribution in [0.25, 0.3) is 21.3 Å². The summed E-state index contributed by atoms with van der Waals surface area (Å²) in [6.45, 7) is 2.12. The fourth-order valence-electron chi connectivity index (χ4n) is 3.39. The van der Waals surface area contributed by atoms with Crippen LogP contribution in [0.5, 0.6) is 11.5 Å². The topological polar surface area (TPSA) is 93.6 Å². The fourth-order valence-corrected chi connectivity index (χ4v) is 4.31. The number of rotatable bonds is 7. The highest BCUT2D eigenvalue weighted by Gasteiger charge is 2.19. The zero-order valence-corrected chi connectivity index (χ0v) is 18.1. The molecule has 2 heterocycles. The van der Waals surface area contributed by atoms with Crippen LogP contribution in [0.2, 0.25) is 0 Å². The van der Waals surface area contributed by atoms with Gasteiger partial charge in [0.2, 0.25) is 0 Å². The molecule has 0 aliphatic heterocycles. The summed E-state index contributed by atoms with van der Waals surface area (Å²) in [5.74, 6) is 0.191. The van der Waals surface area contributed by atoms with Crippen LogP contribution in [0.4, 0.5) is 11.5 Å². The third-order valence-corrected chi connectivity index (χ3v) is 5.94. The molecule has 0 unspecified atom stereocenters. The van der Waals surface area contributed by atoms with Gasteiger partial charge in [0.1, 0.15) is 17.0 Å². The number of carboxylic acids is 1. The zero-order valence-electron chi connectivity index (χ0n) is 17.3. The first-order valence-electron chi connectivity index (χ1n) is 9.63. The van der Waals surface area contributed by atoms with E-state index >= 15 is 0 Å². The number of nitrogens with one attached hydrogen (secondary N) is 1. The van der Waals surface area contributed by atoms with E-state index in [0.29, 0.717) is 23.0 Å². The SMILES string of the molecule is CCc1ccc(-c2csc3ncnc(Nc4cc(OC)c(OC)cc4C(=O)O)c23)cc1. The number of anilines is 2. The fraction of sp³-hybridized carbons (Fsp3) is 0.174. The number of methoxy groups -OCH3 is 2. The van der Waals surface area contributed by atoms with Crippen LogP contribution >= 0.6 is 11.3 Å². The van der Waals surface area contributed by atoms with Crippen LogP contribution in [-0.4, -0.2) is 35.3 Å². The first kappa shape index (κ1) is 20.6. The highest BCUT2D eigenvalue weighted by atomic mass is 32.1. The molecule has 0 fully saturated rings. The van der Waals surface area contributed by atoms with Gasteiger partial charge in [-0.05, 0) is 17.5 Å². The number of nitrogens with zero attached hydrogens (tertiary/aromatic N) is 2. The van der Waals surface area contributed by atoms with Gasteiger partial charge in [-0.15, -0.1) is 11.3 Å². The molecule has 0 spiro atoms. The predicted molar refractivity (Wildman–Crippen MR) is 122 cm³/mol. The summed E-state index contributed by atoms with van der Waals surface area (Å²) in [5, 5.41) is 15.8. The number of thiophene rings is 1. The Bertz CT molecular complexity index is 1250. The number of fused-ring (bicyclic) bond motifs is 1. The summed E-state index contributed by atoms with van der Waals surface area (Å²) in [6.07, 6.45) is 2.43. The number of carboxylic acid groups (broad SMARTS) is 1. The van der Waals surface area contributed by atoms with E-state index in [1.807, 2.05) is 5.38 Å². The van der Waals surface area contributed by atoms with Crippen molar-refractivity contribution in [2.45, 2.75) is 13.3 Å². The lowest BCUT2D eigenvalue weighted by atomic mass is 10.0. The second kappa shape index (κ2) is 8.61. The molecule has 2 N–H and O–H groups in total. The maximum atomic E-state index is 11.9. The molecule has 0 aliphatic rings. The molecular formula is C23H21N3O4S. The highest BCUT2D eigenvalue weighted by Crippen LogP contribution is 2.39. The lowest BCUT2D eigenvalue weighted by Gasteiger charge is -2.15. The second-order valence-corrected chi connectivity index (χ2v) is 7.64. The lowest BCUT2D eigenvalue weighted by molar-refractivity contribution is 0.0697. The standard InChI is InChI=1S/C23H21N3O4S/c1-4-13-5-7-14(8-6-13)16-11-31-22-20(16)21(24-12-25-22)26-17-10-19(30-3)18(29-2)9-15(17)23(27)28/h5-12H,4H2,1-3H3,(H,27,28)(H,24,25,26). The van der Waals surface area contributed by atoms with Crippen LogP contribution in [-0.2, 0) is 6.42 Å². The zero-order chi connectivity index (χ0) is 22.0. The molecule has 7 nitrogen and oxygen atoms in total. The Balaban J connectivity index is 1.84. The molecule has 31 heavy (non-hydrogen) atoms. The summed E-state index contributed by atoms with van der Waals surface area (Å²) in [5.41, 5.74) is 3.70. The smallest absolute Gasteiger partial charge is 0.337 e. The van der Waals surface area contributed by atoms with E-state index < -0.39 is 5.97 Å². The summed E-state index contributed by atoms with van der Waals surface area (Å²) in [6, 6.07) is 11.4. The average Bonchev–Trinajstić information content (AvgIpc) is 3.24. The predicted octanol–water partition coefficient (Wildman–Crippen LogP) is 5.38. The molecule has 8 heteroatoms. The number of carbonyl (C=O) groups is 1. The van der Waals surface area contributed by atoms with Crippen molar-refractivity contribution in [3.63, 3.8) is 0 Å². The van der Waals surface area contributed by atoms with Crippen LogP contribution < -0.4 is 14.8 Å². The molecule has 4 aromatic rings. The number of ether oxygens (including phenoxy) is 2. The Morgan fingerprint density at radius 3 is 2.45 bits per heavy atom. The van der Waals surface area contributed by atoms with E-state index in [1.54, 1.807) is 6.07 Å². The Morgan fingerprint density at radius 1 is 1.10 bits per heavy atom. The van der Waals surface area contributed by atoms with Gasteiger partial charge in [-0.2, -0.15) is 0 Å². The summed E-state index contributed by atoms with van der Waals surface area (Å²) in [7, 11) is 2.97. The minimum atomic E-state index is -1.09. The van der Waals surface area contributed by atoms with Crippen molar-refractivity contribution in [3.05, 3.63) is 59.2 Å². The molecule has 0 atom stereocenters. The third kappa shape index (κ3) is 3.89. The van der Waals surface area contributed by atoms with Crippen molar-refractivity contribution in [3.8, 4) is 22.6 Å². The van der Waals surface area contributed by atoms with Gasteiger partial charge in [-0.3, -0.25) is 0 Å². The van der Waals surface area contributed by atoms with Crippen molar-refractivity contribution < 1.29 is 19.4 Å². The monoisotopic (exact) mass is 435 g/mol. The maximum absolute atomic E-state index is 11.9. The summed E-state index contributed by atoms with van der Waals surface area (Å²) < 4.78 is 10.6. The Morgan fingerprint density at radius 2 is 1.81 bits per heavy atom. The minimum Gasteiger partial charge on any atom is -0.493 e. The van der Waals surface area contributed by atoms with Gasteiger partial charge in [-0.1, -0.05) is 31.2 Å². The lowest BCUT2D eigenvalue weighted by Crippen LogP contribution is -2.06. The average molecular weight is 436 g/mol. The van der Waals surface area contributed by atoms with E-state index in [0.717, 1.165) is 27.8 Å². The number of hydrogen-bond acceptors (Lipinski definition) is 7. The number of aromatic nitrogens is 2. The number of aryl methyl sites for hydroxylation is 1. The van der Waals surface area contributed by atoms with Crippen molar-refractivity contribution in [2.24, 2.45) is 0 Å². The molecule has 0 bridgehead atoms. The van der Waals surface area contributed by atoms with Crippen molar-refractivity contribution in [1.29, 1.82) is 0 Å². The van der Waals surface area contributed by atoms with Gasteiger partial charge < -0.3 is 19.9 Å². The molecule has 0 aliphatic carbocycles. The molecule has 0 saturated carbocycles. The third-order valence-electron chi connectivity index (χ3n) is 5.05. The summed E-state index contributed by atoms with van der Waals surface area (Å²) >= 11 is 1.52. The Labute approximate surface area is 183 Å². The van der Waals surface area contributed by atoms with E-state index in [2.05, 4.69) is 46.5 Å². The van der Waals surface area contributed by atoms with Gasteiger partial charge in [-0.25, -0.2) is 14.8 Å². The molecule has 4 rings (SSSR count). The number of aromatic carboxylic acids is 1. The molecule has 2 aromatic heterocycles. The molecule has 0 radical (unpaired) electrons. The number of benzene rings is 2. The molecule has 0 saturated heterocycles. The van der Waals surface area contributed by atoms with E-state index in [1.165, 1.54) is 43.5 Å². The summed E-state index contributed by atoms with van der Waals surface area (Å²) in [4.78, 5) is 21.5. The maximum Gasteiger partial charge on any atom is 0.337 e. The molecular weight excluding hydrogens is 414 g/mol. The van der Waals surface area contributed by atoms with Crippen LogP contribution in [0, 0.1) is 0 Å². The second-order valence-electron chi connectivity index (χ2n) is 6.79. The molecule has 0 amide bonds. The Kier molecular flexibility index (Phi) is 5.73. The van der Waals surface area contributed by atoms with Crippen molar-refractivity contribution in [1.82, 2.24) is 9.97 Å². The van der Waals surface area contributed by atoms with Crippen LogP contribution in [0.3, 0.4) is 0 Å². The van der Waals surface area contributed by atoms with Gasteiger partial charge in [0.15, 0.2) is 11.5 Å². The van der Waals surface area contributed by atoms with Gasteiger partial charge >= 0.3 is 5.97 Å². The van der Waals surface area contributed by atoms with Gasteiger partial charge in [0, 0.05) is 23.1 Å². The normalized spacial score (nSPS) is 10.8. The van der Waals surface area contributed by atoms with E-state index in [9.17, 15) is 9.90 Å². The van der Waals surface area contributed by atoms with E-state index in [-0.39, 0.29) is 5.56 Å². The number of hydrogen-bond donors (Lipinski definition) is 2. The highest BCUT2D eigenvalue weighted by molar-refractivity contribution is 7.17. The first-order valence-corrected chi connectivity index (χ1v) is 10.5. The largest absolute Gasteiger partial charge is 0.493 e.